The average molecular weight is 185 g/mol. The van der Waals surface area contributed by atoms with Crippen LogP contribution in [0.15, 0.2) is 24.3 Å². The number of phenolic OH excluding ortho intramolecular Hbond substituents is 1. The molecule has 0 amide bonds. The fourth-order valence-electron chi connectivity index (χ4n) is 0.969. The van der Waals surface area contributed by atoms with Gasteiger partial charge in [0, 0.05) is 8.30 Å². The first kappa shape index (κ1) is 7.32. The molecule has 0 radical (unpaired) electrons. The molecular formula is C9H13NO3. The summed E-state index contributed by atoms with van der Waals surface area (Å²) >= 11 is 0. The van der Waals surface area contributed by atoms with E-state index in [0.29, 0.717) is 0 Å². The van der Waals surface area contributed by atoms with Crippen LogP contribution in [0.25, 0.3) is 0 Å². The third-order valence-corrected chi connectivity index (χ3v) is 1.55. The van der Waals surface area contributed by atoms with Gasteiger partial charge in [0.1, 0.15) is 5.75 Å². The lowest BCUT2D eigenvalue weighted by atomic mass is 10.1. The minimum Gasteiger partial charge on any atom is -0.508 e. The number of aromatic hydroxyl groups is 1. The van der Waals surface area contributed by atoms with Crippen molar-refractivity contribution in [3.05, 3.63) is 29.8 Å². The number of rotatable bonds is 3. The van der Waals surface area contributed by atoms with Crippen molar-refractivity contribution in [1.82, 2.24) is 5.32 Å². The van der Waals surface area contributed by atoms with Crippen LogP contribution in [0.4, 0.5) is 0 Å². The molecule has 0 heterocycles. The van der Waals surface area contributed by atoms with Gasteiger partial charge < -0.3 is 20.6 Å². The van der Waals surface area contributed by atoms with Gasteiger partial charge in [0.25, 0.3) is 0 Å². The van der Waals surface area contributed by atoms with Gasteiger partial charge in [-0.15, -0.1) is 0 Å². The molecule has 0 unspecified atom stereocenters. The zero-order valence-electron chi connectivity index (χ0n) is 9.15. The van der Waals surface area contributed by atoms with Gasteiger partial charge in [-0.25, -0.2) is 0 Å². The van der Waals surface area contributed by atoms with Crippen molar-refractivity contribution in [2.45, 2.75) is 5.79 Å². The lowest BCUT2D eigenvalue weighted by Gasteiger charge is -2.21. The number of hydrogen-bond acceptors (Lipinski definition) is 4. The fourth-order valence-corrected chi connectivity index (χ4v) is 0.969. The average Bonchev–Trinajstić information content (AvgIpc) is 2.17. The summed E-state index contributed by atoms with van der Waals surface area (Å²) in [4.78, 5) is 0. The lowest BCUT2D eigenvalue weighted by Crippen LogP contribution is -2.36. The first-order chi connectivity index (χ1) is 6.81. The van der Waals surface area contributed by atoms with Crippen molar-refractivity contribution in [2.75, 3.05) is 13.5 Å². The van der Waals surface area contributed by atoms with Crippen molar-refractivity contribution in [1.29, 1.82) is 0 Å². The van der Waals surface area contributed by atoms with E-state index in [0.717, 1.165) is 6.07 Å². The zero-order valence-corrected chi connectivity index (χ0v) is 7.15. The Labute approximate surface area is 79.3 Å². The van der Waals surface area contributed by atoms with Gasteiger partial charge in [-0.05, 0) is 19.2 Å². The normalized spacial score (nSPS) is 15.0. The summed E-state index contributed by atoms with van der Waals surface area (Å²) in [5.74, 6) is -2.87. The Balaban J connectivity index is 3.16. The Hall–Kier alpha value is -1.10. The zero-order chi connectivity index (χ0) is 11.7. The summed E-state index contributed by atoms with van der Waals surface area (Å²) in [6.45, 7) is -2.42. The highest BCUT2D eigenvalue weighted by atomic mass is 16.5. The quantitative estimate of drug-likeness (QED) is 0.490. The van der Waals surface area contributed by atoms with Crippen LogP contribution in [0.2, 0.25) is 0 Å². The molecule has 0 saturated carbocycles. The van der Waals surface area contributed by atoms with E-state index in [1.54, 1.807) is 0 Å². The van der Waals surface area contributed by atoms with Crippen LogP contribution >= 0.6 is 0 Å². The number of likely N-dealkylation sites (N-methyl/N-ethyl adjacent to an activating group) is 1. The van der Waals surface area contributed by atoms with Gasteiger partial charge >= 0.3 is 0 Å². The summed E-state index contributed by atoms with van der Waals surface area (Å²) in [5.41, 5.74) is -0.123. The van der Waals surface area contributed by atoms with E-state index in [-0.39, 0.29) is 11.3 Å². The first-order valence-corrected chi connectivity index (χ1v) is 3.74. The number of nitrogens with one attached hydrogen (secondary N) is 1. The SMILES string of the molecule is [2H]C([2H])(NC)C(O)(O)c1cccc(O)c1. The van der Waals surface area contributed by atoms with Crippen molar-refractivity contribution >= 4 is 0 Å². The van der Waals surface area contributed by atoms with Crippen molar-refractivity contribution in [3.63, 3.8) is 0 Å². The Kier molecular flexibility index (Phi) is 2.11. The molecule has 0 fully saturated rings. The molecule has 0 spiro atoms. The van der Waals surface area contributed by atoms with Crippen molar-refractivity contribution in [2.24, 2.45) is 0 Å². The molecule has 1 aromatic carbocycles. The third-order valence-electron chi connectivity index (χ3n) is 1.55. The Morgan fingerprint density at radius 3 is 2.77 bits per heavy atom. The molecule has 72 valence electrons. The summed E-state index contributed by atoms with van der Waals surface area (Å²) in [6, 6.07) is 5.16. The molecule has 0 aromatic heterocycles. The highest BCUT2D eigenvalue weighted by Gasteiger charge is 2.24. The maximum atomic E-state index is 9.64. The largest absolute Gasteiger partial charge is 0.508 e. The van der Waals surface area contributed by atoms with Crippen LogP contribution in [-0.2, 0) is 5.79 Å². The first-order valence-electron chi connectivity index (χ1n) is 4.74. The molecule has 4 nitrogen and oxygen atoms in total. The van der Waals surface area contributed by atoms with Gasteiger partial charge in [-0.3, -0.25) is 0 Å². The van der Waals surface area contributed by atoms with E-state index in [4.69, 9.17) is 7.85 Å². The lowest BCUT2D eigenvalue weighted by molar-refractivity contribution is -0.164. The molecule has 4 N–H and O–H groups in total. The topological polar surface area (TPSA) is 72.7 Å². The maximum absolute atomic E-state index is 9.64. The second kappa shape index (κ2) is 3.74. The molecule has 1 rings (SSSR count). The smallest absolute Gasteiger partial charge is 0.202 e. The highest BCUT2D eigenvalue weighted by molar-refractivity contribution is 5.30. The molecule has 0 saturated heterocycles. The van der Waals surface area contributed by atoms with Crippen LogP contribution in [-0.4, -0.2) is 28.9 Å². The van der Waals surface area contributed by atoms with Gasteiger partial charge in [0.15, 0.2) is 0 Å². The van der Waals surface area contributed by atoms with E-state index >= 15 is 0 Å². The maximum Gasteiger partial charge on any atom is 0.202 e. The van der Waals surface area contributed by atoms with Crippen LogP contribution in [0.1, 0.15) is 8.30 Å². The van der Waals surface area contributed by atoms with Crippen LogP contribution in [0, 0.1) is 0 Å². The van der Waals surface area contributed by atoms with Gasteiger partial charge in [0.2, 0.25) is 5.79 Å². The van der Waals surface area contributed by atoms with Crippen LogP contribution in [0.3, 0.4) is 0 Å². The van der Waals surface area contributed by atoms with Crippen molar-refractivity contribution < 1.29 is 18.1 Å². The van der Waals surface area contributed by atoms with Gasteiger partial charge in [-0.1, -0.05) is 12.1 Å². The van der Waals surface area contributed by atoms with Crippen LogP contribution < -0.4 is 5.32 Å². The van der Waals surface area contributed by atoms with E-state index in [1.807, 2.05) is 0 Å². The van der Waals surface area contributed by atoms with Gasteiger partial charge in [0.05, 0.1) is 6.50 Å². The number of phenols is 1. The predicted octanol–water partition coefficient (Wildman–Crippen LogP) is -0.251. The van der Waals surface area contributed by atoms with E-state index < -0.39 is 12.3 Å². The third kappa shape index (κ3) is 2.42. The minimum atomic E-state index is -2.71. The molecule has 0 aliphatic heterocycles. The Morgan fingerprint density at radius 2 is 2.23 bits per heavy atom. The number of aliphatic hydroxyl groups is 2. The predicted molar refractivity (Wildman–Crippen MR) is 48.1 cm³/mol. The number of hydrogen-bond donors (Lipinski definition) is 4. The monoisotopic (exact) mass is 185 g/mol. The molecule has 4 heteroatoms. The summed E-state index contributed by atoms with van der Waals surface area (Å²) < 4.78 is 14.7. The standard InChI is InChI=1S/C9H13NO3/c1-10-6-9(12,13)7-3-2-4-8(11)5-7/h2-5,10-13H,6H2,1H3/i6D2. The van der Waals surface area contributed by atoms with Crippen LogP contribution in [0.5, 0.6) is 5.75 Å². The minimum absolute atomic E-state index is 0.123. The summed E-state index contributed by atoms with van der Waals surface area (Å²) in [5, 5.41) is 30.6. The molecule has 0 bridgehead atoms. The molecule has 1 aromatic rings. The van der Waals surface area contributed by atoms with Gasteiger partial charge in [-0.2, -0.15) is 0 Å². The summed E-state index contributed by atoms with van der Waals surface area (Å²) in [7, 11) is 1.27. The van der Waals surface area contributed by atoms with E-state index in [9.17, 15) is 10.2 Å². The molecule has 0 atom stereocenters. The number of benzene rings is 1. The molecule has 0 aliphatic carbocycles. The highest BCUT2D eigenvalue weighted by Crippen LogP contribution is 2.20. The summed E-state index contributed by atoms with van der Waals surface area (Å²) in [6.07, 6.45) is 0. The Morgan fingerprint density at radius 1 is 1.54 bits per heavy atom. The molecule has 13 heavy (non-hydrogen) atoms. The second-order valence-electron chi connectivity index (χ2n) is 2.60. The molecule has 0 aliphatic rings. The van der Waals surface area contributed by atoms with E-state index in [1.165, 1.54) is 25.2 Å². The van der Waals surface area contributed by atoms with Crippen molar-refractivity contribution in [3.8, 4) is 5.75 Å². The van der Waals surface area contributed by atoms with E-state index in [2.05, 4.69) is 5.32 Å². The molecular weight excluding hydrogens is 170 g/mol. The fraction of sp³-hybridized carbons (Fsp3) is 0.333. The second-order valence-corrected chi connectivity index (χ2v) is 2.60. The Bertz CT molecular complexity index is 355.